The van der Waals surface area contributed by atoms with Crippen LogP contribution in [-0.2, 0) is 22.5 Å². The number of nitrogens with one attached hydrogen (secondary N) is 2. The molecule has 4 rings (SSSR count). The van der Waals surface area contributed by atoms with Crippen LogP contribution in [0.2, 0.25) is 0 Å². The van der Waals surface area contributed by atoms with Gasteiger partial charge in [-0.05, 0) is 53.6 Å². The average Bonchev–Trinajstić information content (AvgIpc) is 3.17. The van der Waals surface area contributed by atoms with Crippen molar-refractivity contribution in [3.05, 3.63) is 94.8 Å². The number of rotatable bonds is 7. The number of nitrogens with zero attached hydrogens (tertiary/aromatic N) is 2. The molecule has 0 fully saturated rings. The first kappa shape index (κ1) is 21.6. The summed E-state index contributed by atoms with van der Waals surface area (Å²) in [6.45, 7) is 0.735. The molecule has 1 atom stereocenters. The lowest BCUT2D eigenvalue weighted by Gasteiger charge is -2.18. The van der Waals surface area contributed by atoms with Crippen molar-refractivity contribution in [3.8, 4) is 0 Å². The first-order valence-corrected chi connectivity index (χ1v) is 10.1. The van der Waals surface area contributed by atoms with Crippen molar-refractivity contribution in [1.82, 2.24) is 10.3 Å². The van der Waals surface area contributed by atoms with E-state index in [4.69, 9.17) is 4.74 Å². The number of aliphatic imine (C=N–C) groups is 1. The average molecular weight is 436 g/mol. The molecule has 2 aromatic carbocycles. The van der Waals surface area contributed by atoms with Crippen molar-refractivity contribution in [2.45, 2.75) is 19.0 Å². The molecule has 1 aromatic heterocycles. The number of benzene rings is 2. The molecule has 3 aromatic rings. The number of aromatic nitrogens is 1. The van der Waals surface area contributed by atoms with E-state index < -0.39 is 6.04 Å². The molecule has 0 spiro atoms. The van der Waals surface area contributed by atoms with Crippen LogP contribution in [0.4, 0.5) is 14.5 Å². The Morgan fingerprint density at radius 1 is 1.09 bits per heavy atom. The zero-order valence-electron chi connectivity index (χ0n) is 17.4. The number of amidine groups is 1. The maximum Gasteiger partial charge on any atom is 0.226 e. The Bertz CT molecular complexity index is 1130. The molecule has 1 aliphatic heterocycles. The topological polar surface area (TPSA) is 75.6 Å². The Hall–Kier alpha value is -3.65. The summed E-state index contributed by atoms with van der Waals surface area (Å²) in [5, 5.41) is 6.09. The molecule has 0 unspecified atom stereocenters. The summed E-state index contributed by atoms with van der Waals surface area (Å²) in [5.74, 6) is -0.200. The number of fused-ring (bicyclic) bond motifs is 1. The molecule has 8 heteroatoms. The van der Waals surface area contributed by atoms with Crippen LogP contribution < -0.4 is 10.6 Å². The molecule has 6 nitrogen and oxygen atoms in total. The van der Waals surface area contributed by atoms with Gasteiger partial charge in [0.05, 0.1) is 31.3 Å². The second-order valence-electron chi connectivity index (χ2n) is 7.43. The number of hydrogen-bond acceptors (Lipinski definition) is 5. The highest BCUT2D eigenvalue weighted by molar-refractivity contribution is 6.10. The largest absolute Gasteiger partial charge is 0.382 e. The molecule has 0 aliphatic carbocycles. The van der Waals surface area contributed by atoms with Crippen LogP contribution >= 0.6 is 0 Å². The predicted octanol–water partition coefficient (Wildman–Crippen LogP) is 3.78. The molecule has 0 saturated carbocycles. The van der Waals surface area contributed by atoms with Gasteiger partial charge in [-0.3, -0.25) is 14.8 Å². The number of anilines is 1. The van der Waals surface area contributed by atoms with Crippen LogP contribution in [0, 0.1) is 11.6 Å². The number of carbonyl (C=O) groups is 1. The van der Waals surface area contributed by atoms with Gasteiger partial charge in [0.2, 0.25) is 5.91 Å². The highest BCUT2D eigenvalue weighted by Gasteiger charge is 2.19. The molecule has 1 aliphatic rings. The molecule has 0 bridgehead atoms. The summed E-state index contributed by atoms with van der Waals surface area (Å²) in [4.78, 5) is 21.5. The lowest BCUT2D eigenvalue weighted by Crippen LogP contribution is -2.32. The van der Waals surface area contributed by atoms with Crippen molar-refractivity contribution in [3.63, 3.8) is 0 Å². The number of methoxy groups -OCH3 is 1. The second kappa shape index (κ2) is 9.65. The van der Waals surface area contributed by atoms with Gasteiger partial charge in [-0.2, -0.15) is 0 Å². The van der Waals surface area contributed by atoms with Gasteiger partial charge in [-0.15, -0.1) is 0 Å². The number of ether oxygens (including phenoxy) is 1. The minimum absolute atomic E-state index is 0.0927. The quantitative estimate of drug-likeness (QED) is 0.591. The van der Waals surface area contributed by atoms with Crippen molar-refractivity contribution >= 4 is 17.4 Å². The summed E-state index contributed by atoms with van der Waals surface area (Å²) >= 11 is 0. The first-order chi connectivity index (χ1) is 15.5. The third kappa shape index (κ3) is 5.15. The fraction of sp³-hybridized carbons (Fsp3) is 0.208. The van der Waals surface area contributed by atoms with E-state index in [2.05, 4.69) is 20.6 Å². The molecule has 1 amide bonds. The van der Waals surface area contributed by atoms with Gasteiger partial charge in [-0.1, -0.05) is 12.1 Å². The normalized spacial score (nSPS) is 13.3. The van der Waals surface area contributed by atoms with Crippen LogP contribution in [0.15, 0.2) is 65.8 Å². The Morgan fingerprint density at radius 2 is 1.78 bits per heavy atom. The SMILES string of the molecule is COC[C@@H](NC(=O)Cc1cc2c(cn1)C(Nc1ccc(F)cc1)=NC2)c1ccc(F)cc1. The molecule has 2 N–H and O–H groups in total. The van der Waals surface area contributed by atoms with Crippen LogP contribution in [0.1, 0.15) is 28.4 Å². The van der Waals surface area contributed by atoms with E-state index in [-0.39, 0.29) is 30.6 Å². The van der Waals surface area contributed by atoms with Crippen molar-refractivity contribution in [2.24, 2.45) is 4.99 Å². The van der Waals surface area contributed by atoms with Gasteiger partial charge in [0, 0.05) is 24.6 Å². The van der Waals surface area contributed by atoms with Crippen molar-refractivity contribution < 1.29 is 18.3 Å². The second-order valence-corrected chi connectivity index (χ2v) is 7.43. The van der Waals surface area contributed by atoms with Gasteiger partial charge in [0.25, 0.3) is 0 Å². The third-order valence-corrected chi connectivity index (χ3v) is 5.10. The van der Waals surface area contributed by atoms with Crippen molar-refractivity contribution in [1.29, 1.82) is 0 Å². The van der Waals surface area contributed by atoms with Crippen LogP contribution in [-0.4, -0.2) is 30.4 Å². The molecule has 0 radical (unpaired) electrons. The molecule has 0 saturated heterocycles. The van der Waals surface area contributed by atoms with E-state index in [0.29, 0.717) is 18.1 Å². The van der Waals surface area contributed by atoms with Crippen molar-refractivity contribution in [2.75, 3.05) is 19.0 Å². The minimum atomic E-state index is -0.391. The van der Waals surface area contributed by atoms with Gasteiger partial charge in [-0.25, -0.2) is 8.78 Å². The summed E-state index contributed by atoms with van der Waals surface area (Å²) in [6, 6.07) is 13.5. The molecular formula is C24H22F2N4O2. The highest BCUT2D eigenvalue weighted by atomic mass is 19.1. The fourth-order valence-electron chi connectivity index (χ4n) is 3.51. The number of halogens is 2. The monoisotopic (exact) mass is 436 g/mol. The number of carbonyl (C=O) groups excluding carboxylic acids is 1. The number of hydrogen-bond donors (Lipinski definition) is 2. The van der Waals surface area contributed by atoms with E-state index in [1.807, 2.05) is 6.07 Å². The summed E-state index contributed by atoms with van der Waals surface area (Å²) in [7, 11) is 1.54. The Balaban J connectivity index is 1.40. The lowest BCUT2D eigenvalue weighted by atomic mass is 10.1. The first-order valence-electron chi connectivity index (χ1n) is 10.1. The zero-order valence-corrected chi connectivity index (χ0v) is 17.4. The van der Waals surface area contributed by atoms with E-state index in [0.717, 1.165) is 22.4 Å². The fourth-order valence-corrected chi connectivity index (χ4v) is 3.51. The smallest absolute Gasteiger partial charge is 0.226 e. The number of pyridine rings is 1. The highest BCUT2D eigenvalue weighted by Crippen LogP contribution is 2.21. The molecular weight excluding hydrogens is 414 g/mol. The van der Waals surface area contributed by atoms with Gasteiger partial charge < -0.3 is 15.4 Å². The van der Waals surface area contributed by atoms with Gasteiger partial charge in [0.1, 0.15) is 17.5 Å². The molecule has 2 heterocycles. The van der Waals surface area contributed by atoms with Crippen LogP contribution in [0.3, 0.4) is 0 Å². The maximum atomic E-state index is 13.2. The Kier molecular flexibility index (Phi) is 6.51. The summed E-state index contributed by atoms with van der Waals surface area (Å²) in [5.41, 5.74) is 3.91. The molecule has 164 valence electrons. The maximum absolute atomic E-state index is 13.2. The van der Waals surface area contributed by atoms with E-state index >= 15 is 0 Å². The van der Waals surface area contributed by atoms with E-state index in [9.17, 15) is 13.6 Å². The Morgan fingerprint density at radius 3 is 2.47 bits per heavy atom. The molecule has 32 heavy (non-hydrogen) atoms. The van der Waals surface area contributed by atoms with Crippen LogP contribution in [0.5, 0.6) is 0 Å². The summed E-state index contributed by atoms with van der Waals surface area (Å²) < 4.78 is 31.5. The third-order valence-electron chi connectivity index (χ3n) is 5.10. The van der Waals surface area contributed by atoms with E-state index in [1.54, 1.807) is 37.6 Å². The summed E-state index contributed by atoms with van der Waals surface area (Å²) in [6.07, 6.45) is 1.78. The standard InChI is InChI=1S/C24H22F2N4O2/c1-32-14-22(15-2-4-17(25)5-3-15)30-23(31)11-20-10-16-12-28-24(21(16)13-27-20)29-19-8-6-18(26)7-9-19/h2-10,13,22H,11-12,14H2,1H3,(H,28,29)(H,30,31)/t22-/m1/s1. The predicted molar refractivity (Wildman–Crippen MR) is 117 cm³/mol. The minimum Gasteiger partial charge on any atom is -0.382 e. The zero-order chi connectivity index (χ0) is 22.5. The number of amides is 1. The van der Waals surface area contributed by atoms with E-state index in [1.165, 1.54) is 24.3 Å². The van der Waals surface area contributed by atoms with Crippen LogP contribution in [0.25, 0.3) is 0 Å². The lowest BCUT2D eigenvalue weighted by molar-refractivity contribution is -0.121. The van der Waals surface area contributed by atoms with Gasteiger partial charge in [0.15, 0.2) is 0 Å². The Labute approximate surface area is 184 Å². The van der Waals surface area contributed by atoms with Gasteiger partial charge >= 0.3 is 0 Å².